The van der Waals surface area contributed by atoms with Crippen LogP contribution in [0, 0.1) is 6.92 Å². The molecule has 0 N–H and O–H groups in total. The molecule has 0 aromatic heterocycles. The molecule has 3 heteroatoms. The highest BCUT2D eigenvalue weighted by Crippen LogP contribution is 2.29. The molecule has 0 spiro atoms. The lowest BCUT2D eigenvalue weighted by molar-refractivity contribution is 0.762. The highest BCUT2D eigenvalue weighted by molar-refractivity contribution is 14.2. The summed E-state index contributed by atoms with van der Waals surface area (Å²) in [7, 11) is 0. The number of hydrogen-bond acceptors (Lipinski definition) is 0. The number of hydrogen-bond donors (Lipinski definition) is 0. The Balaban J connectivity index is 3.13. The lowest BCUT2D eigenvalue weighted by Crippen LogP contribution is -1.79. The predicted octanol–water partition coefficient (Wildman–Crippen LogP) is 4.46. The Morgan fingerprint density at radius 3 is 2.50 bits per heavy atom. The van der Waals surface area contributed by atoms with Gasteiger partial charge in [0.05, 0.1) is 1.59 Å². The van der Waals surface area contributed by atoms with Crippen LogP contribution in [-0.4, -0.2) is 0 Å². The van der Waals surface area contributed by atoms with E-state index < -0.39 is 0 Å². The zero-order chi connectivity index (χ0) is 9.14. The summed E-state index contributed by atoms with van der Waals surface area (Å²) in [6.07, 6.45) is 0. The van der Waals surface area contributed by atoms with Gasteiger partial charge in [0.2, 0.25) is 0 Å². The fourth-order valence-corrected chi connectivity index (χ4v) is 1.51. The van der Waals surface area contributed by atoms with E-state index in [-0.39, 0.29) is 5.83 Å². The van der Waals surface area contributed by atoms with Crippen LogP contribution in [0.25, 0.3) is 5.83 Å². The predicted molar refractivity (Wildman–Crippen MR) is 67.2 cm³/mol. The minimum absolute atomic E-state index is 0.139. The molecule has 0 atom stereocenters. The minimum atomic E-state index is -0.139. The smallest absolute Gasteiger partial charge is 0.149 e. The lowest BCUT2D eigenvalue weighted by Gasteiger charge is -1.99. The van der Waals surface area contributed by atoms with Gasteiger partial charge in [-0.25, -0.2) is 4.39 Å². The molecule has 0 aliphatic heterocycles. The molecule has 0 radical (unpaired) electrons. The van der Waals surface area contributed by atoms with E-state index in [0.717, 1.165) is 5.56 Å². The summed E-state index contributed by atoms with van der Waals surface area (Å²) < 4.78 is 14.0. The molecule has 0 amide bonds. The second-order valence-electron chi connectivity index (χ2n) is 2.44. The average Bonchev–Trinajstić information content (AvgIpc) is 2.03. The largest absolute Gasteiger partial charge is 0.205 e. The maximum Gasteiger partial charge on any atom is 0.149 e. The van der Waals surface area contributed by atoms with Crippen molar-refractivity contribution in [3.63, 3.8) is 0 Å². The summed E-state index contributed by atoms with van der Waals surface area (Å²) in [5, 5.41) is 0. The molecule has 0 fully saturated rings. The van der Waals surface area contributed by atoms with Gasteiger partial charge in [0.25, 0.3) is 0 Å². The maximum absolute atomic E-state index is 13.3. The normalized spacial score (nSPS) is 9.67. The number of halogens is 3. The van der Waals surface area contributed by atoms with E-state index in [1.165, 1.54) is 0 Å². The maximum atomic E-state index is 13.3. The summed E-state index contributed by atoms with van der Waals surface area (Å²) in [6, 6.07) is 7.43. The summed E-state index contributed by atoms with van der Waals surface area (Å²) in [4.78, 5) is 0. The van der Waals surface area contributed by atoms with E-state index in [9.17, 15) is 4.39 Å². The third kappa shape index (κ3) is 2.69. The quantitative estimate of drug-likeness (QED) is 0.624. The first-order valence-corrected chi connectivity index (χ1v) is 5.55. The monoisotopic (exact) mass is 388 g/mol. The van der Waals surface area contributed by atoms with Crippen molar-refractivity contribution in [2.45, 2.75) is 6.92 Å². The highest BCUT2D eigenvalue weighted by Gasteiger charge is 2.03. The van der Waals surface area contributed by atoms with Gasteiger partial charge >= 0.3 is 0 Å². The molecular weight excluding hydrogens is 381 g/mol. The molecule has 1 aromatic carbocycles. The van der Waals surface area contributed by atoms with E-state index in [4.69, 9.17) is 0 Å². The number of rotatable bonds is 1. The van der Waals surface area contributed by atoms with Crippen LogP contribution >= 0.6 is 45.2 Å². The van der Waals surface area contributed by atoms with Gasteiger partial charge in [-0.3, -0.25) is 0 Å². The fourth-order valence-electron chi connectivity index (χ4n) is 0.891. The standard InChI is InChI=1S/C9H7FI2/c1-6-3-2-4-7(5-6)8(10)9(11)12/h2-5H,1H3. The summed E-state index contributed by atoms with van der Waals surface area (Å²) in [5.74, 6) is -0.139. The van der Waals surface area contributed by atoms with Crippen molar-refractivity contribution in [1.82, 2.24) is 0 Å². The van der Waals surface area contributed by atoms with Crippen LogP contribution < -0.4 is 0 Å². The molecule has 1 aromatic rings. The first kappa shape index (κ1) is 10.4. The molecule has 0 saturated heterocycles. The van der Waals surface area contributed by atoms with Crippen LogP contribution in [0.1, 0.15) is 11.1 Å². The van der Waals surface area contributed by atoms with Crippen molar-refractivity contribution in [2.75, 3.05) is 0 Å². The van der Waals surface area contributed by atoms with Gasteiger partial charge in [-0.2, -0.15) is 0 Å². The van der Waals surface area contributed by atoms with Crippen LogP contribution in [0.2, 0.25) is 0 Å². The van der Waals surface area contributed by atoms with Gasteiger partial charge < -0.3 is 0 Å². The van der Waals surface area contributed by atoms with Crippen LogP contribution in [-0.2, 0) is 0 Å². The Hall–Kier alpha value is 0.350. The average molecular weight is 388 g/mol. The Morgan fingerprint density at radius 2 is 2.00 bits per heavy atom. The van der Waals surface area contributed by atoms with Crippen molar-refractivity contribution in [3.05, 3.63) is 37.0 Å². The minimum Gasteiger partial charge on any atom is -0.205 e. The van der Waals surface area contributed by atoms with E-state index in [1.54, 1.807) is 6.07 Å². The third-order valence-corrected chi connectivity index (χ3v) is 2.38. The molecular formula is C9H7FI2. The first-order chi connectivity index (χ1) is 5.61. The molecule has 0 saturated carbocycles. The van der Waals surface area contributed by atoms with Crippen LogP contribution in [0.3, 0.4) is 0 Å². The summed E-state index contributed by atoms with van der Waals surface area (Å²) >= 11 is 3.95. The first-order valence-electron chi connectivity index (χ1n) is 3.39. The number of aryl methyl sites for hydroxylation is 1. The molecule has 0 nitrogen and oxygen atoms in total. The molecule has 0 bridgehead atoms. The van der Waals surface area contributed by atoms with Crippen LogP contribution in [0.5, 0.6) is 0 Å². The molecule has 64 valence electrons. The molecule has 0 unspecified atom stereocenters. The van der Waals surface area contributed by atoms with Crippen molar-refractivity contribution in [2.24, 2.45) is 0 Å². The van der Waals surface area contributed by atoms with Crippen LogP contribution in [0.15, 0.2) is 25.9 Å². The third-order valence-electron chi connectivity index (χ3n) is 1.44. The molecule has 0 heterocycles. The number of benzene rings is 1. The topological polar surface area (TPSA) is 0 Å². The fraction of sp³-hybridized carbons (Fsp3) is 0.111. The Labute approximate surface area is 98.5 Å². The highest BCUT2D eigenvalue weighted by atomic mass is 127. The Morgan fingerprint density at radius 1 is 1.33 bits per heavy atom. The van der Waals surface area contributed by atoms with Crippen molar-refractivity contribution in [3.8, 4) is 0 Å². The van der Waals surface area contributed by atoms with E-state index in [2.05, 4.69) is 0 Å². The zero-order valence-corrected chi connectivity index (χ0v) is 10.8. The van der Waals surface area contributed by atoms with E-state index in [1.807, 2.05) is 70.3 Å². The van der Waals surface area contributed by atoms with Crippen molar-refractivity contribution in [1.29, 1.82) is 0 Å². The summed E-state index contributed by atoms with van der Waals surface area (Å²) in [5.41, 5.74) is 1.74. The van der Waals surface area contributed by atoms with Crippen molar-refractivity contribution >= 4 is 51.0 Å². The second kappa shape index (κ2) is 4.55. The van der Waals surface area contributed by atoms with Gasteiger partial charge in [0.15, 0.2) is 0 Å². The zero-order valence-electron chi connectivity index (χ0n) is 6.44. The molecule has 0 aliphatic rings. The van der Waals surface area contributed by atoms with Gasteiger partial charge in [-0.05, 0) is 58.2 Å². The molecule has 12 heavy (non-hydrogen) atoms. The Bertz CT molecular complexity index is 314. The van der Waals surface area contributed by atoms with Crippen molar-refractivity contribution < 1.29 is 4.39 Å². The van der Waals surface area contributed by atoms with Gasteiger partial charge in [0.1, 0.15) is 5.83 Å². The van der Waals surface area contributed by atoms with Crippen LogP contribution in [0.4, 0.5) is 4.39 Å². The Kier molecular flexibility index (Phi) is 3.95. The van der Waals surface area contributed by atoms with Gasteiger partial charge in [-0.15, -0.1) is 0 Å². The molecule has 1 rings (SSSR count). The van der Waals surface area contributed by atoms with E-state index in [0.29, 0.717) is 7.15 Å². The van der Waals surface area contributed by atoms with Gasteiger partial charge in [-0.1, -0.05) is 23.8 Å². The summed E-state index contributed by atoms with van der Waals surface area (Å²) in [6.45, 7) is 1.96. The lowest BCUT2D eigenvalue weighted by atomic mass is 10.1. The second-order valence-corrected chi connectivity index (χ2v) is 6.67. The van der Waals surface area contributed by atoms with E-state index >= 15 is 0 Å². The van der Waals surface area contributed by atoms with Gasteiger partial charge in [0, 0.05) is 5.56 Å². The molecule has 0 aliphatic carbocycles. The SMILES string of the molecule is Cc1cccc(C(F)=C(I)I)c1.